The summed E-state index contributed by atoms with van der Waals surface area (Å²) in [6, 6.07) is 1.70. The lowest BCUT2D eigenvalue weighted by Gasteiger charge is -2.10. The van der Waals surface area contributed by atoms with Crippen LogP contribution in [0, 0.1) is 13.8 Å². The van der Waals surface area contributed by atoms with Crippen LogP contribution in [-0.4, -0.2) is 29.6 Å². The molecule has 2 N–H and O–H groups in total. The molecule has 0 aliphatic heterocycles. The van der Waals surface area contributed by atoms with E-state index in [4.69, 9.17) is 4.42 Å². The number of aliphatic hydroxyl groups excluding tert-OH is 1. The standard InChI is InChI=1S/C15H23N3O4S/c1-9(2)15-17-14(8-18(15)5)23(20,21)16-7-13(19)12-6-10(3)22-11(12)4/h6,8-9,13,16,19H,7H2,1-5H3. The molecule has 0 aliphatic rings. The van der Waals surface area contributed by atoms with E-state index in [1.54, 1.807) is 31.5 Å². The van der Waals surface area contributed by atoms with Crippen molar-refractivity contribution in [3.05, 3.63) is 35.2 Å². The van der Waals surface area contributed by atoms with E-state index in [0.29, 0.717) is 22.9 Å². The van der Waals surface area contributed by atoms with Gasteiger partial charge in [0.25, 0.3) is 10.0 Å². The number of aromatic nitrogens is 2. The van der Waals surface area contributed by atoms with Gasteiger partial charge in [-0.3, -0.25) is 0 Å². The van der Waals surface area contributed by atoms with Crippen LogP contribution in [0.4, 0.5) is 0 Å². The predicted molar refractivity (Wildman–Crippen MR) is 85.6 cm³/mol. The van der Waals surface area contributed by atoms with Crippen molar-refractivity contribution < 1.29 is 17.9 Å². The van der Waals surface area contributed by atoms with Gasteiger partial charge in [-0.05, 0) is 19.9 Å². The predicted octanol–water partition coefficient (Wildman–Crippen LogP) is 1.77. The van der Waals surface area contributed by atoms with E-state index in [1.807, 2.05) is 13.8 Å². The Hall–Kier alpha value is -1.64. The second kappa shape index (κ2) is 6.46. The summed E-state index contributed by atoms with van der Waals surface area (Å²) in [7, 11) is -2.02. The number of aryl methyl sites for hydroxylation is 3. The van der Waals surface area contributed by atoms with Crippen LogP contribution < -0.4 is 4.72 Å². The highest BCUT2D eigenvalue weighted by atomic mass is 32.2. The number of furan rings is 1. The van der Waals surface area contributed by atoms with Gasteiger partial charge < -0.3 is 14.1 Å². The normalized spacial score (nSPS) is 13.7. The van der Waals surface area contributed by atoms with Gasteiger partial charge in [0.1, 0.15) is 17.3 Å². The number of hydrogen-bond donors (Lipinski definition) is 2. The van der Waals surface area contributed by atoms with E-state index in [-0.39, 0.29) is 17.5 Å². The van der Waals surface area contributed by atoms with Crippen LogP contribution in [0.2, 0.25) is 0 Å². The van der Waals surface area contributed by atoms with Crippen molar-refractivity contribution in [1.82, 2.24) is 14.3 Å². The van der Waals surface area contributed by atoms with Crippen LogP contribution in [0.25, 0.3) is 0 Å². The van der Waals surface area contributed by atoms with Crippen molar-refractivity contribution in [1.29, 1.82) is 0 Å². The average Bonchev–Trinajstić information content (AvgIpc) is 2.99. The molecule has 2 rings (SSSR count). The van der Waals surface area contributed by atoms with Crippen molar-refractivity contribution in [2.45, 2.75) is 44.7 Å². The van der Waals surface area contributed by atoms with E-state index in [2.05, 4.69) is 9.71 Å². The molecule has 23 heavy (non-hydrogen) atoms. The van der Waals surface area contributed by atoms with Crippen molar-refractivity contribution in [2.75, 3.05) is 6.54 Å². The molecule has 2 aromatic heterocycles. The van der Waals surface area contributed by atoms with Crippen molar-refractivity contribution in [3.8, 4) is 0 Å². The van der Waals surface area contributed by atoms with Gasteiger partial charge in [-0.15, -0.1) is 0 Å². The number of aliphatic hydroxyl groups is 1. The van der Waals surface area contributed by atoms with Gasteiger partial charge in [0.15, 0.2) is 5.03 Å². The van der Waals surface area contributed by atoms with Crippen LogP contribution in [0.5, 0.6) is 0 Å². The van der Waals surface area contributed by atoms with Gasteiger partial charge in [-0.2, -0.15) is 0 Å². The van der Waals surface area contributed by atoms with Crippen LogP contribution in [0.15, 0.2) is 21.7 Å². The highest BCUT2D eigenvalue weighted by Gasteiger charge is 2.23. The second-order valence-electron chi connectivity index (χ2n) is 5.94. The number of sulfonamides is 1. The quantitative estimate of drug-likeness (QED) is 0.834. The smallest absolute Gasteiger partial charge is 0.259 e. The maximum Gasteiger partial charge on any atom is 0.259 e. The zero-order valence-corrected chi connectivity index (χ0v) is 14.8. The zero-order valence-electron chi connectivity index (χ0n) is 14.0. The fraction of sp³-hybridized carbons (Fsp3) is 0.533. The van der Waals surface area contributed by atoms with Crippen molar-refractivity contribution >= 4 is 10.0 Å². The van der Waals surface area contributed by atoms with Gasteiger partial charge >= 0.3 is 0 Å². The molecule has 0 spiro atoms. The summed E-state index contributed by atoms with van der Waals surface area (Å²) < 4.78 is 34.1. The summed E-state index contributed by atoms with van der Waals surface area (Å²) in [4.78, 5) is 4.17. The number of nitrogens with zero attached hydrogens (tertiary/aromatic N) is 2. The molecule has 0 bridgehead atoms. The largest absolute Gasteiger partial charge is 0.466 e. The van der Waals surface area contributed by atoms with E-state index < -0.39 is 16.1 Å². The molecule has 8 heteroatoms. The lowest BCUT2D eigenvalue weighted by molar-refractivity contribution is 0.180. The van der Waals surface area contributed by atoms with E-state index in [1.165, 1.54) is 6.20 Å². The fourth-order valence-corrected chi connectivity index (χ4v) is 3.51. The highest BCUT2D eigenvalue weighted by Crippen LogP contribution is 2.22. The van der Waals surface area contributed by atoms with Crippen molar-refractivity contribution in [2.24, 2.45) is 7.05 Å². The highest BCUT2D eigenvalue weighted by molar-refractivity contribution is 7.89. The summed E-state index contributed by atoms with van der Waals surface area (Å²) >= 11 is 0. The first-order valence-electron chi connectivity index (χ1n) is 7.39. The van der Waals surface area contributed by atoms with Gasteiger partial charge in [-0.1, -0.05) is 13.8 Å². The second-order valence-corrected chi connectivity index (χ2v) is 7.65. The molecule has 0 saturated carbocycles. The van der Waals surface area contributed by atoms with E-state index in [9.17, 15) is 13.5 Å². The monoisotopic (exact) mass is 341 g/mol. The van der Waals surface area contributed by atoms with Gasteiger partial charge in [0.05, 0.1) is 6.10 Å². The SMILES string of the molecule is Cc1cc(C(O)CNS(=O)(=O)c2cn(C)c(C(C)C)n2)c(C)o1. The molecule has 1 unspecified atom stereocenters. The molecule has 7 nitrogen and oxygen atoms in total. The third-order valence-electron chi connectivity index (χ3n) is 3.59. The minimum Gasteiger partial charge on any atom is -0.466 e. The average molecular weight is 341 g/mol. The van der Waals surface area contributed by atoms with Crippen LogP contribution in [0.1, 0.15) is 48.8 Å². The lowest BCUT2D eigenvalue weighted by atomic mass is 10.1. The minimum atomic E-state index is -3.78. The summed E-state index contributed by atoms with van der Waals surface area (Å²) in [5.74, 6) is 2.05. The minimum absolute atomic E-state index is 0.0454. The van der Waals surface area contributed by atoms with Gasteiger partial charge in [-0.25, -0.2) is 18.1 Å². The first-order valence-corrected chi connectivity index (χ1v) is 8.88. The van der Waals surface area contributed by atoms with Crippen LogP contribution in [0.3, 0.4) is 0 Å². The van der Waals surface area contributed by atoms with Gasteiger partial charge in [0, 0.05) is 31.3 Å². The maximum atomic E-state index is 12.3. The Morgan fingerprint density at radius 1 is 1.39 bits per heavy atom. The van der Waals surface area contributed by atoms with Crippen LogP contribution in [-0.2, 0) is 17.1 Å². The molecule has 1 atom stereocenters. The van der Waals surface area contributed by atoms with Crippen LogP contribution >= 0.6 is 0 Å². The molecule has 2 aromatic rings. The lowest BCUT2D eigenvalue weighted by Crippen LogP contribution is -2.29. The zero-order chi connectivity index (χ0) is 17.4. The molecule has 0 aliphatic carbocycles. The Morgan fingerprint density at radius 2 is 2.04 bits per heavy atom. The summed E-state index contributed by atoms with van der Waals surface area (Å²) in [5, 5.41) is 10.1. The molecular weight excluding hydrogens is 318 g/mol. The molecule has 0 aromatic carbocycles. The molecular formula is C15H23N3O4S. The maximum absolute atomic E-state index is 12.3. The Bertz CT molecular complexity index is 790. The summed E-state index contributed by atoms with van der Waals surface area (Å²) in [6.45, 7) is 7.25. The first kappa shape index (κ1) is 17.7. The molecule has 0 radical (unpaired) electrons. The number of rotatable bonds is 6. The molecule has 2 heterocycles. The van der Waals surface area contributed by atoms with Crippen molar-refractivity contribution in [3.63, 3.8) is 0 Å². The Balaban J connectivity index is 2.12. The van der Waals surface area contributed by atoms with E-state index in [0.717, 1.165) is 0 Å². The molecule has 128 valence electrons. The number of hydrogen-bond acceptors (Lipinski definition) is 5. The van der Waals surface area contributed by atoms with E-state index >= 15 is 0 Å². The number of nitrogens with one attached hydrogen (secondary N) is 1. The molecule has 0 amide bonds. The summed E-state index contributed by atoms with van der Waals surface area (Å²) in [6.07, 6.45) is 0.493. The summed E-state index contributed by atoms with van der Waals surface area (Å²) in [5.41, 5.74) is 0.578. The first-order chi connectivity index (χ1) is 10.6. The third kappa shape index (κ3) is 3.82. The third-order valence-corrected chi connectivity index (χ3v) is 4.88. The van der Waals surface area contributed by atoms with Gasteiger partial charge in [0.2, 0.25) is 0 Å². The fourth-order valence-electron chi connectivity index (χ4n) is 2.47. The number of imidazole rings is 1. The topological polar surface area (TPSA) is 97.4 Å². The molecule has 0 saturated heterocycles. The molecule has 0 fully saturated rings. The Kier molecular flexibility index (Phi) is 4.98. The Labute approximate surface area is 136 Å². The Morgan fingerprint density at radius 3 is 2.52 bits per heavy atom.